The monoisotopic (exact) mass is 218 g/mol. The van der Waals surface area contributed by atoms with E-state index in [-0.39, 0.29) is 17.4 Å². The molecule has 1 atom stereocenters. The first-order valence-electron chi connectivity index (χ1n) is 4.45. The number of amides is 1. The highest BCUT2D eigenvalue weighted by atomic mass is 32.2. The molecule has 0 radical (unpaired) electrons. The second kappa shape index (κ2) is 5.21. The van der Waals surface area contributed by atoms with Gasteiger partial charge in [0, 0.05) is 11.8 Å². The molecule has 1 amide bonds. The van der Waals surface area contributed by atoms with Crippen molar-refractivity contribution in [3.8, 4) is 0 Å². The molecule has 0 aromatic heterocycles. The summed E-state index contributed by atoms with van der Waals surface area (Å²) in [6, 6.07) is -0.523. The van der Waals surface area contributed by atoms with Gasteiger partial charge in [-0.05, 0) is 12.8 Å². The van der Waals surface area contributed by atoms with Crippen molar-refractivity contribution in [3.05, 3.63) is 0 Å². The normalized spacial score (nSPS) is 17.5. The Balaban J connectivity index is 2.01. The Labute approximate surface area is 86.4 Å². The van der Waals surface area contributed by atoms with Gasteiger partial charge in [-0.1, -0.05) is 0 Å². The van der Waals surface area contributed by atoms with E-state index in [1.54, 1.807) is 0 Å². The summed E-state index contributed by atoms with van der Waals surface area (Å²) < 4.78 is 0. The lowest BCUT2D eigenvalue weighted by atomic mass is 10.4. The van der Waals surface area contributed by atoms with E-state index in [1.807, 2.05) is 0 Å². The van der Waals surface area contributed by atoms with E-state index in [0.717, 1.165) is 12.8 Å². The first-order chi connectivity index (χ1) is 6.59. The number of aliphatic carboxylic acids is 1. The summed E-state index contributed by atoms with van der Waals surface area (Å²) in [5.41, 5.74) is 5.26. The Morgan fingerprint density at radius 1 is 1.57 bits per heavy atom. The second-order valence-electron chi connectivity index (χ2n) is 3.30. The quantitative estimate of drug-likeness (QED) is 0.554. The Morgan fingerprint density at radius 3 is 2.71 bits per heavy atom. The molecule has 1 saturated carbocycles. The van der Waals surface area contributed by atoms with Gasteiger partial charge in [0.05, 0.1) is 5.75 Å². The highest BCUT2D eigenvalue weighted by Gasteiger charge is 2.23. The minimum absolute atomic E-state index is 0.0323. The molecule has 0 aliphatic heterocycles. The van der Waals surface area contributed by atoms with Crippen LogP contribution in [0.2, 0.25) is 0 Å². The van der Waals surface area contributed by atoms with E-state index in [9.17, 15) is 9.59 Å². The fraction of sp³-hybridized carbons (Fsp3) is 0.750. The maximum absolute atomic E-state index is 11.1. The van der Waals surface area contributed by atoms with Crippen LogP contribution in [0.1, 0.15) is 12.8 Å². The van der Waals surface area contributed by atoms with Crippen molar-refractivity contribution >= 4 is 23.6 Å². The van der Waals surface area contributed by atoms with Crippen molar-refractivity contribution in [1.82, 2.24) is 5.32 Å². The molecule has 80 valence electrons. The first kappa shape index (κ1) is 11.3. The molecule has 6 heteroatoms. The molecule has 5 nitrogen and oxygen atoms in total. The fourth-order valence-corrected chi connectivity index (χ4v) is 1.63. The smallest absolute Gasteiger partial charge is 0.321 e. The molecule has 4 N–H and O–H groups in total. The Bertz CT molecular complexity index is 231. The number of carboxylic acid groups (broad SMARTS) is 1. The van der Waals surface area contributed by atoms with E-state index < -0.39 is 12.0 Å². The van der Waals surface area contributed by atoms with Gasteiger partial charge in [-0.25, -0.2) is 0 Å². The third-order valence-corrected chi connectivity index (χ3v) is 2.85. The second-order valence-corrected chi connectivity index (χ2v) is 4.33. The third-order valence-electron chi connectivity index (χ3n) is 1.79. The van der Waals surface area contributed by atoms with Crippen molar-refractivity contribution < 1.29 is 14.7 Å². The zero-order valence-corrected chi connectivity index (χ0v) is 8.55. The van der Waals surface area contributed by atoms with Crippen LogP contribution >= 0.6 is 11.8 Å². The van der Waals surface area contributed by atoms with Gasteiger partial charge in [-0.2, -0.15) is 0 Å². The summed E-state index contributed by atoms with van der Waals surface area (Å²) in [4.78, 5) is 21.4. The van der Waals surface area contributed by atoms with E-state index in [1.165, 1.54) is 11.8 Å². The molecule has 0 spiro atoms. The molecule has 1 aliphatic carbocycles. The highest BCUT2D eigenvalue weighted by molar-refractivity contribution is 8.00. The Morgan fingerprint density at radius 2 is 2.21 bits per heavy atom. The number of thioether (sulfide) groups is 1. The number of nitrogens with one attached hydrogen (secondary N) is 1. The summed E-state index contributed by atoms with van der Waals surface area (Å²) in [5.74, 6) is -0.500. The van der Waals surface area contributed by atoms with Crippen LogP contribution in [0.4, 0.5) is 0 Å². The van der Waals surface area contributed by atoms with E-state index in [4.69, 9.17) is 10.8 Å². The maximum atomic E-state index is 11.1. The maximum Gasteiger partial charge on any atom is 0.321 e. The topological polar surface area (TPSA) is 92.4 Å². The van der Waals surface area contributed by atoms with E-state index in [2.05, 4.69) is 5.32 Å². The molecule has 0 bridgehead atoms. The summed E-state index contributed by atoms with van der Waals surface area (Å²) in [5, 5.41) is 11.3. The van der Waals surface area contributed by atoms with Gasteiger partial charge in [-0.3, -0.25) is 9.59 Å². The number of rotatable bonds is 6. The van der Waals surface area contributed by atoms with Gasteiger partial charge >= 0.3 is 5.97 Å². The number of carboxylic acids is 1. The molecule has 1 fully saturated rings. The van der Waals surface area contributed by atoms with Crippen LogP contribution in [0.5, 0.6) is 0 Å². The molecule has 1 aliphatic rings. The fourth-order valence-electron chi connectivity index (χ4n) is 0.847. The van der Waals surface area contributed by atoms with Crippen LogP contribution in [0, 0.1) is 0 Å². The number of hydrogen-bond donors (Lipinski definition) is 3. The summed E-state index contributed by atoms with van der Waals surface area (Å²) in [6.45, 7) is 0. The van der Waals surface area contributed by atoms with Crippen LogP contribution in [-0.2, 0) is 9.59 Å². The highest BCUT2D eigenvalue weighted by Crippen LogP contribution is 2.18. The molecular formula is C8H14N2O3S. The number of nitrogens with two attached hydrogens (primary N) is 1. The predicted octanol–water partition coefficient (Wildman–Crippen LogP) is -0.590. The molecule has 0 aromatic carbocycles. The van der Waals surface area contributed by atoms with Gasteiger partial charge < -0.3 is 16.2 Å². The van der Waals surface area contributed by atoms with Crippen molar-refractivity contribution in [3.63, 3.8) is 0 Å². The van der Waals surface area contributed by atoms with Gasteiger partial charge in [0.15, 0.2) is 0 Å². The lowest BCUT2D eigenvalue weighted by Crippen LogP contribution is -2.33. The number of carbonyl (C=O) groups excluding carboxylic acids is 1. The van der Waals surface area contributed by atoms with Crippen LogP contribution in [0.25, 0.3) is 0 Å². The zero-order valence-electron chi connectivity index (χ0n) is 7.73. The van der Waals surface area contributed by atoms with E-state index in [0.29, 0.717) is 6.04 Å². The molecule has 1 rings (SSSR count). The molecular weight excluding hydrogens is 204 g/mol. The van der Waals surface area contributed by atoms with Gasteiger partial charge in [0.2, 0.25) is 5.91 Å². The van der Waals surface area contributed by atoms with Crippen LogP contribution < -0.4 is 11.1 Å². The van der Waals surface area contributed by atoms with E-state index >= 15 is 0 Å². The van der Waals surface area contributed by atoms with Crippen molar-refractivity contribution in [2.24, 2.45) is 5.73 Å². The average Bonchev–Trinajstić information content (AvgIpc) is 2.87. The van der Waals surface area contributed by atoms with Gasteiger partial charge in [0.1, 0.15) is 6.04 Å². The molecule has 0 heterocycles. The lowest BCUT2D eigenvalue weighted by molar-refractivity contribution is -0.138. The average molecular weight is 218 g/mol. The van der Waals surface area contributed by atoms with Crippen LogP contribution in [-0.4, -0.2) is 40.6 Å². The third kappa shape index (κ3) is 4.48. The number of carbonyl (C=O) groups is 2. The Hall–Kier alpha value is -0.750. The zero-order chi connectivity index (χ0) is 10.6. The van der Waals surface area contributed by atoms with Gasteiger partial charge in [-0.15, -0.1) is 11.8 Å². The SMILES string of the molecule is NC(CSCC(=O)NC1CC1)C(=O)O. The molecule has 14 heavy (non-hydrogen) atoms. The summed E-state index contributed by atoms with van der Waals surface area (Å²) in [6.07, 6.45) is 2.12. The van der Waals surface area contributed by atoms with Crippen molar-refractivity contribution in [1.29, 1.82) is 0 Å². The van der Waals surface area contributed by atoms with Crippen molar-refractivity contribution in [2.75, 3.05) is 11.5 Å². The van der Waals surface area contributed by atoms with Crippen molar-refractivity contribution in [2.45, 2.75) is 24.9 Å². The molecule has 0 saturated heterocycles. The minimum Gasteiger partial charge on any atom is -0.480 e. The predicted molar refractivity (Wildman–Crippen MR) is 54.1 cm³/mol. The van der Waals surface area contributed by atoms with Crippen LogP contribution in [0.15, 0.2) is 0 Å². The first-order valence-corrected chi connectivity index (χ1v) is 5.60. The Kier molecular flexibility index (Phi) is 4.21. The molecule has 1 unspecified atom stereocenters. The van der Waals surface area contributed by atoms with Crippen LogP contribution in [0.3, 0.4) is 0 Å². The minimum atomic E-state index is -1.03. The van der Waals surface area contributed by atoms with Gasteiger partial charge in [0.25, 0.3) is 0 Å². The largest absolute Gasteiger partial charge is 0.480 e. The summed E-state index contributed by atoms with van der Waals surface area (Å²) in [7, 11) is 0. The number of hydrogen-bond acceptors (Lipinski definition) is 4. The lowest BCUT2D eigenvalue weighted by Gasteiger charge is -2.05. The molecule has 0 aromatic rings. The standard InChI is InChI=1S/C8H14N2O3S/c9-6(8(12)13)3-14-4-7(11)10-5-1-2-5/h5-6H,1-4,9H2,(H,10,11)(H,12,13). The summed E-state index contributed by atoms with van der Waals surface area (Å²) >= 11 is 1.25.